The molecule has 2 aliphatic carbocycles. The Balaban J connectivity index is 1.66. The van der Waals surface area contributed by atoms with Crippen LogP contribution in [0.1, 0.15) is 77.3 Å². The number of benzene rings is 1. The van der Waals surface area contributed by atoms with E-state index < -0.39 is 10.7 Å². The molecule has 3 aliphatic rings. The Morgan fingerprint density at radius 2 is 2.16 bits per heavy atom. The van der Waals surface area contributed by atoms with E-state index in [2.05, 4.69) is 79.2 Å². The highest BCUT2D eigenvalue weighted by atomic mass is 35.5. The number of ether oxygens (including phenoxy) is 2. The largest absolute Gasteiger partial charge is 0.489 e. The smallest absolute Gasteiger partial charge is 0.233 e. The molecule has 0 bridgehead atoms. The Bertz CT molecular complexity index is 1290. The third-order valence-corrected chi connectivity index (χ3v) is 11.4. The molecule has 0 saturated heterocycles. The van der Waals surface area contributed by atoms with Gasteiger partial charge in [-0.25, -0.2) is 4.99 Å². The average molecular weight is 628 g/mol. The van der Waals surface area contributed by atoms with Crippen molar-refractivity contribution in [3.8, 4) is 0 Å². The van der Waals surface area contributed by atoms with Crippen LogP contribution < -0.4 is 4.72 Å². The van der Waals surface area contributed by atoms with E-state index in [4.69, 9.17) is 21.1 Å². The van der Waals surface area contributed by atoms with Crippen molar-refractivity contribution in [2.75, 3.05) is 26.8 Å². The first-order chi connectivity index (χ1) is 20.6. The van der Waals surface area contributed by atoms with Crippen LogP contribution in [0.3, 0.4) is 0 Å². The average Bonchev–Trinajstić information content (AvgIpc) is 3.10. The third-order valence-electron chi connectivity index (χ3n) is 9.53. The number of carbonyl (C=O) groups excluding carboxylic acids is 1. The van der Waals surface area contributed by atoms with Crippen LogP contribution in [0.25, 0.3) is 0 Å². The summed E-state index contributed by atoms with van der Waals surface area (Å²) in [5, 5.41) is 1.07. The van der Waals surface area contributed by atoms with Crippen LogP contribution in [0, 0.1) is 11.8 Å². The van der Waals surface area contributed by atoms with Gasteiger partial charge in [0.25, 0.3) is 0 Å². The number of nitrogens with one attached hydrogen (secondary N) is 1. The van der Waals surface area contributed by atoms with E-state index >= 15 is 0 Å². The van der Waals surface area contributed by atoms with Gasteiger partial charge in [-0.15, -0.1) is 0 Å². The molecule has 1 fully saturated rings. The van der Waals surface area contributed by atoms with Crippen molar-refractivity contribution >= 4 is 40.8 Å². The number of carbonyl (C=O) groups is 1. The molecule has 43 heavy (non-hydrogen) atoms. The fraction of sp³-hybridized carbons (Fsp3) is 0.571. The van der Waals surface area contributed by atoms with Crippen molar-refractivity contribution in [3.05, 3.63) is 70.2 Å². The van der Waals surface area contributed by atoms with E-state index in [1.54, 1.807) is 0 Å². The van der Waals surface area contributed by atoms with Crippen LogP contribution in [0.2, 0.25) is 5.02 Å². The van der Waals surface area contributed by atoms with Crippen molar-refractivity contribution in [2.24, 2.45) is 16.8 Å². The van der Waals surface area contributed by atoms with Gasteiger partial charge in [0.15, 0.2) is 11.6 Å². The number of rotatable bonds is 12. The van der Waals surface area contributed by atoms with Gasteiger partial charge < -0.3 is 19.1 Å². The summed E-state index contributed by atoms with van der Waals surface area (Å²) in [6.45, 7) is 14.6. The Kier molecular flexibility index (Phi) is 11.4. The zero-order chi connectivity index (χ0) is 31.2. The van der Waals surface area contributed by atoms with Crippen LogP contribution in [0.5, 0.6) is 0 Å². The van der Waals surface area contributed by atoms with E-state index in [0.717, 1.165) is 62.5 Å². The summed E-state index contributed by atoms with van der Waals surface area (Å²) in [4.78, 5) is 19.5. The van der Waals surface area contributed by atoms with Crippen molar-refractivity contribution in [2.45, 2.75) is 88.9 Å². The van der Waals surface area contributed by atoms with Gasteiger partial charge in [-0.2, -0.15) is 0 Å². The fourth-order valence-electron chi connectivity index (χ4n) is 6.83. The minimum atomic E-state index is -0.411. The molecule has 0 radical (unpaired) electrons. The molecule has 1 N–H and O–H groups in total. The summed E-state index contributed by atoms with van der Waals surface area (Å²) in [6, 6.07) is 6.31. The number of amides is 1. The molecule has 3 unspecified atom stereocenters. The second kappa shape index (κ2) is 14.6. The van der Waals surface area contributed by atoms with Crippen molar-refractivity contribution in [1.29, 1.82) is 0 Å². The zero-order valence-corrected chi connectivity index (χ0v) is 28.2. The third kappa shape index (κ3) is 7.66. The first kappa shape index (κ1) is 33.5. The normalized spacial score (nSPS) is 26.2. The maximum Gasteiger partial charge on any atom is 0.233 e. The van der Waals surface area contributed by atoms with E-state index in [0.29, 0.717) is 29.5 Å². The molecular formula is C35H50ClN3O3S. The van der Waals surface area contributed by atoms with Gasteiger partial charge >= 0.3 is 0 Å². The van der Waals surface area contributed by atoms with E-state index in [1.165, 1.54) is 11.1 Å². The Morgan fingerprint density at radius 3 is 2.81 bits per heavy atom. The molecule has 1 heterocycles. The van der Waals surface area contributed by atoms with E-state index in [9.17, 15) is 4.79 Å². The second-order valence-electron chi connectivity index (χ2n) is 12.7. The highest BCUT2D eigenvalue weighted by molar-refractivity contribution is 8.13. The number of nitrogens with zero attached hydrogens (tertiary/aromatic N) is 2. The monoisotopic (exact) mass is 627 g/mol. The minimum Gasteiger partial charge on any atom is -0.489 e. The second-order valence-corrected chi connectivity index (χ2v) is 15.1. The van der Waals surface area contributed by atoms with Gasteiger partial charge in [0.1, 0.15) is 0 Å². The molecule has 6 nitrogen and oxygen atoms in total. The van der Waals surface area contributed by atoms with Gasteiger partial charge in [0, 0.05) is 42.3 Å². The summed E-state index contributed by atoms with van der Waals surface area (Å²) < 4.78 is 15.7. The van der Waals surface area contributed by atoms with Crippen LogP contribution in [0.4, 0.5) is 0 Å². The van der Waals surface area contributed by atoms with Crippen LogP contribution >= 0.6 is 22.3 Å². The summed E-state index contributed by atoms with van der Waals surface area (Å²) in [6.07, 6.45) is 14.8. The lowest BCUT2D eigenvalue weighted by Crippen LogP contribution is -2.51. The zero-order valence-electron chi connectivity index (χ0n) is 26.7. The SMILES string of the molecule is C=NC1=C(/C=C\CC(=O)NS(=C)C(C)C)OC[C@]2(CCCc3cc(Cl)ccc32)CN1CC1CCC1[C@](C)(/C=C/CC)OC. The highest BCUT2D eigenvalue weighted by Gasteiger charge is 2.47. The minimum absolute atomic E-state index is 0.0478. The molecule has 8 heteroatoms. The number of aryl methyl sites for hydroxylation is 1. The number of hydrogen-bond donors (Lipinski definition) is 1. The Morgan fingerprint density at radius 1 is 1.37 bits per heavy atom. The molecule has 236 valence electrons. The summed E-state index contributed by atoms with van der Waals surface area (Å²) in [5.41, 5.74) is 2.11. The van der Waals surface area contributed by atoms with Gasteiger partial charge in [-0.1, -0.05) is 73.2 Å². The number of methoxy groups -OCH3 is 1. The van der Waals surface area contributed by atoms with E-state index in [1.807, 2.05) is 25.3 Å². The maximum absolute atomic E-state index is 12.6. The standard InChI is InChI=1S/C35H50ClN3O3S/c1-8-9-19-34(4,41-6)29-17-15-27(29)22-39-23-35(20-11-12-26-21-28(36)16-18-30(26)35)24-42-31(33(39)37-5)13-10-14-32(40)38-43(7)25(2)3/h9-10,13,16,18-19,21,25,27,29H,5,7-8,11-12,14-15,17,20,22-24H2,1-4,6H3,(H,38,40)/b13-10-,19-9+/t27?,29?,34-,35-,43?/m0/s1. The molecular weight excluding hydrogens is 578 g/mol. The predicted octanol–water partition coefficient (Wildman–Crippen LogP) is 7.60. The van der Waals surface area contributed by atoms with Crippen LogP contribution in [-0.2, 0) is 26.1 Å². The van der Waals surface area contributed by atoms with Gasteiger partial charge in [-0.05, 0) is 93.3 Å². The van der Waals surface area contributed by atoms with Crippen LogP contribution in [-0.4, -0.2) is 61.1 Å². The molecule has 0 aromatic heterocycles. The lowest BCUT2D eigenvalue weighted by atomic mass is 9.64. The number of aliphatic imine (C=N–C) groups is 1. The lowest BCUT2D eigenvalue weighted by molar-refractivity contribution is -0.118. The molecule has 1 aromatic rings. The molecule has 1 aromatic carbocycles. The van der Waals surface area contributed by atoms with Crippen molar-refractivity contribution in [3.63, 3.8) is 0 Å². The van der Waals surface area contributed by atoms with Gasteiger partial charge in [-0.3, -0.25) is 4.79 Å². The first-order valence-corrected chi connectivity index (χ1v) is 17.5. The van der Waals surface area contributed by atoms with Crippen molar-refractivity contribution < 1.29 is 14.3 Å². The fourth-order valence-corrected chi connectivity index (χ4v) is 7.63. The number of halogens is 1. The molecule has 5 atom stereocenters. The first-order valence-electron chi connectivity index (χ1n) is 15.6. The maximum atomic E-state index is 12.6. The highest BCUT2D eigenvalue weighted by Crippen LogP contribution is 2.47. The Hall–Kier alpha value is -2.35. The number of fused-ring (bicyclic) bond motifs is 2. The molecule has 1 spiro atoms. The molecule has 1 saturated carbocycles. The molecule has 4 rings (SSSR count). The number of allylic oxidation sites excluding steroid dienone is 2. The van der Waals surface area contributed by atoms with Crippen molar-refractivity contribution in [1.82, 2.24) is 9.62 Å². The van der Waals surface area contributed by atoms with Gasteiger partial charge in [0.05, 0.1) is 12.2 Å². The summed E-state index contributed by atoms with van der Waals surface area (Å²) in [5.74, 6) is 6.27. The predicted molar refractivity (Wildman–Crippen MR) is 183 cm³/mol. The Labute approximate surface area is 266 Å². The van der Waals surface area contributed by atoms with Gasteiger partial charge in [0.2, 0.25) is 5.91 Å². The molecule has 1 aliphatic heterocycles. The molecule has 1 amide bonds. The van der Waals surface area contributed by atoms with E-state index in [-0.39, 0.29) is 23.3 Å². The lowest BCUT2D eigenvalue weighted by Gasteiger charge is -2.49. The van der Waals surface area contributed by atoms with Crippen LogP contribution in [0.15, 0.2) is 59.1 Å². The quantitative estimate of drug-likeness (QED) is 0.147. The number of hydrogen-bond acceptors (Lipinski definition) is 5. The summed E-state index contributed by atoms with van der Waals surface area (Å²) in [7, 11) is 1.41. The summed E-state index contributed by atoms with van der Waals surface area (Å²) >= 11 is 6.43. The topological polar surface area (TPSA) is 63.2 Å².